The fourth-order valence-corrected chi connectivity index (χ4v) is 3.83. The van der Waals surface area contributed by atoms with Gasteiger partial charge in [0.05, 0.1) is 36.3 Å². The van der Waals surface area contributed by atoms with Crippen molar-refractivity contribution >= 4 is 23.4 Å². The van der Waals surface area contributed by atoms with Gasteiger partial charge in [0.15, 0.2) is 11.5 Å². The minimum atomic E-state index is -4.60. The molecule has 0 spiro atoms. The van der Waals surface area contributed by atoms with Crippen LogP contribution in [0, 0.1) is 10.1 Å². The van der Waals surface area contributed by atoms with Gasteiger partial charge in [-0.1, -0.05) is 6.07 Å². The molecule has 1 N–H and O–H groups in total. The van der Waals surface area contributed by atoms with Gasteiger partial charge in [-0.05, 0) is 36.9 Å². The number of hydrogen-bond donors (Lipinski definition) is 1. The number of rotatable bonds is 8. The highest BCUT2D eigenvalue weighted by Crippen LogP contribution is 2.36. The highest BCUT2D eigenvalue weighted by atomic mass is 19.4. The van der Waals surface area contributed by atoms with Crippen molar-refractivity contribution in [1.82, 2.24) is 9.80 Å². The number of carbonyl (C=O) groups excluding carboxylic acids is 1. The van der Waals surface area contributed by atoms with Crippen molar-refractivity contribution in [2.45, 2.75) is 12.7 Å². The highest BCUT2D eigenvalue weighted by Gasteiger charge is 2.34. The molecule has 0 saturated carbocycles. The summed E-state index contributed by atoms with van der Waals surface area (Å²) in [5.41, 5.74) is -1.00. The van der Waals surface area contributed by atoms with Gasteiger partial charge in [0, 0.05) is 44.5 Å². The van der Waals surface area contributed by atoms with E-state index in [9.17, 15) is 28.1 Å². The molecule has 0 radical (unpaired) electrons. The molecule has 9 nitrogen and oxygen atoms in total. The van der Waals surface area contributed by atoms with Crippen LogP contribution in [0.1, 0.15) is 16.7 Å². The minimum Gasteiger partial charge on any atom is -0.493 e. The predicted molar refractivity (Wildman–Crippen MR) is 128 cm³/mol. The van der Waals surface area contributed by atoms with Gasteiger partial charge in [-0.15, -0.1) is 0 Å². The second-order valence-electron chi connectivity index (χ2n) is 8.29. The molecule has 36 heavy (non-hydrogen) atoms. The molecule has 194 valence electrons. The van der Waals surface area contributed by atoms with Crippen molar-refractivity contribution in [3.8, 4) is 11.5 Å². The topological polar surface area (TPSA) is 97.2 Å². The molecule has 1 aliphatic rings. The lowest BCUT2D eigenvalue weighted by atomic mass is 10.0. The van der Waals surface area contributed by atoms with Crippen molar-refractivity contribution < 1.29 is 32.4 Å². The number of piperazine rings is 1. The van der Waals surface area contributed by atoms with Gasteiger partial charge in [-0.3, -0.25) is 19.8 Å². The average molecular weight is 508 g/mol. The Hall–Kier alpha value is -3.64. The molecule has 12 heteroatoms. The summed E-state index contributed by atoms with van der Waals surface area (Å²) in [6.45, 7) is 3.04. The van der Waals surface area contributed by atoms with Crippen molar-refractivity contribution in [3.63, 3.8) is 0 Å². The van der Waals surface area contributed by atoms with Crippen LogP contribution in [-0.2, 0) is 17.5 Å². The normalized spacial score (nSPS) is 15.2. The number of alkyl halides is 3. The number of amides is 1. The molecule has 2 aromatic carbocycles. The summed E-state index contributed by atoms with van der Waals surface area (Å²) in [7, 11) is 4.65. The molecule has 1 saturated heterocycles. The summed E-state index contributed by atoms with van der Waals surface area (Å²) >= 11 is 0. The van der Waals surface area contributed by atoms with E-state index in [1.165, 1.54) is 38.5 Å². The standard InChI is InChI=1S/C24H27F3N4O5/c1-29-8-10-30(11-9-29)15-17-4-6-18(13-19(17)24(25,26)27)28-23(32)7-5-16-12-21(35-2)22(36-3)14-20(16)31(33)34/h4-7,12-14H,8-11,15H2,1-3H3,(H,28,32)/b7-5+. The first kappa shape index (κ1) is 27.0. The van der Waals surface area contributed by atoms with Gasteiger partial charge in [0.25, 0.3) is 5.69 Å². The van der Waals surface area contributed by atoms with Crippen LogP contribution in [0.2, 0.25) is 0 Å². The number of halogens is 3. The number of nitrogens with zero attached hydrogens (tertiary/aromatic N) is 3. The molecule has 1 amide bonds. The van der Waals surface area contributed by atoms with Gasteiger partial charge in [-0.25, -0.2) is 0 Å². The van der Waals surface area contributed by atoms with Crippen LogP contribution in [0.15, 0.2) is 36.4 Å². The first-order valence-electron chi connectivity index (χ1n) is 11.0. The Balaban J connectivity index is 1.79. The highest BCUT2D eigenvalue weighted by molar-refractivity contribution is 6.02. The lowest BCUT2D eigenvalue weighted by molar-refractivity contribution is -0.385. The van der Waals surface area contributed by atoms with Gasteiger partial charge in [-0.2, -0.15) is 13.2 Å². The maximum absolute atomic E-state index is 13.8. The van der Waals surface area contributed by atoms with Crippen LogP contribution in [0.25, 0.3) is 6.08 Å². The second kappa shape index (κ2) is 11.4. The fraction of sp³-hybridized carbons (Fsp3) is 0.375. The second-order valence-corrected chi connectivity index (χ2v) is 8.29. The van der Waals surface area contributed by atoms with Gasteiger partial charge < -0.3 is 19.7 Å². The number of methoxy groups -OCH3 is 2. The number of benzene rings is 2. The van der Waals surface area contributed by atoms with E-state index in [1.54, 1.807) is 0 Å². The zero-order valence-corrected chi connectivity index (χ0v) is 20.1. The summed E-state index contributed by atoms with van der Waals surface area (Å²) in [6, 6.07) is 6.15. The number of nitrogens with one attached hydrogen (secondary N) is 1. The maximum Gasteiger partial charge on any atom is 0.416 e. The van der Waals surface area contributed by atoms with Gasteiger partial charge in [0.2, 0.25) is 5.91 Å². The third-order valence-corrected chi connectivity index (χ3v) is 5.82. The minimum absolute atomic E-state index is 0.0408. The zero-order valence-electron chi connectivity index (χ0n) is 20.1. The van der Waals surface area contributed by atoms with E-state index in [4.69, 9.17) is 9.47 Å². The molecule has 1 fully saturated rings. The number of carbonyl (C=O) groups is 1. The Bertz CT molecular complexity index is 1150. The van der Waals surface area contributed by atoms with Crippen LogP contribution in [-0.4, -0.2) is 68.1 Å². The fourth-order valence-electron chi connectivity index (χ4n) is 3.83. The summed E-state index contributed by atoms with van der Waals surface area (Å²) in [5.74, 6) is -0.393. The Morgan fingerprint density at radius 1 is 1.11 bits per heavy atom. The van der Waals surface area contributed by atoms with E-state index in [1.807, 2.05) is 11.9 Å². The lowest BCUT2D eigenvalue weighted by Crippen LogP contribution is -2.44. The molecule has 2 aromatic rings. The Morgan fingerprint density at radius 3 is 2.33 bits per heavy atom. The Morgan fingerprint density at radius 2 is 1.75 bits per heavy atom. The van der Waals surface area contributed by atoms with Crippen molar-refractivity contribution in [1.29, 1.82) is 0 Å². The van der Waals surface area contributed by atoms with Gasteiger partial charge >= 0.3 is 6.18 Å². The van der Waals surface area contributed by atoms with Crippen molar-refractivity contribution in [3.05, 3.63) is 63.2 Å². The third kappa shape index (κ3) is 6.73. The van der Waals surface area contributed by atoms with E-state index in [2.05, 4.69) is 10.2 Å². The van der Waals surface area contributed by atoms with Crippen LogP contribution in [0.3, 0.4) is 0 Å². The smallest absolute Gasteiger partial charge is 0.416 e. The quantitative estimate of drug-likeness (QED) is 0.327. The SMILES string of the molecule is COc1cc(/C=C/C(=O)Nc2ccc(CN3CCN(C)CC3)c(C(F)(F)F)c2)c([N+](=O)[O-])cc1OC. The van der Waals surface area contributed by atoms with Crippen LogP contribution < -0.4 is 14.8 Å². The van der Waals surface area contributed by atoms with Crippen LogP contribution >= 0.6 is 0 Å². The molecule has 0 atom stereocenters. The van der Waals surface area contributed by atoms with E-state index in [0.717, 1.165) is 31.3 Å². The molecule has 0 unspecified atom stereocenters. The van der Waals surface area contributed by atoms with Crippen molar-refractivity contribution in [2.24, 2.45) is 0 Å². The summed E-state index contributed by atoms with van der Waals surface area (Å²) in [5, 5.41) is 13.8. The third-order valence-electron chi connectivity index (χ3n) is 5.82. The monoisotopic (exact) mass is 508 g/mol. The number of nitro groups is 1. The number of anilines is 1. The summed E-state index contributed by atoms with van der Waals surface area (Å²) in [6.07, 6.45) is -2.42. The van der Waals surface area contributed by atoms with E-state index < -0.39 is 22.6 Å². The molecule has 1 aliphatic heterocycles. The van der Waals surface area contributed by atoms with Crippen LogP contribution in [0.5, 0.6) is 11.5 Å². The predicted octanol–water partition coefficient (Wildman–Crippen LogP) is 4.03. The molecule has 3 rings (SSSR count). The maximum atomic E-state index is 13.8. The number of nitro benzene ring substituents is 1. The largest absolute Gasteiger partial charge is 0.493 e. The van der Waals surface area contributed by atoms with Crippen molar-refractivity contribution in [2.75, 3.05) is 52.8 Å². The first-order chi connectivity index (χ1) is 17.0. The molecule has 0 aromatic heterocycles. The molecule has 0 aliphatic carbocycles. The Labute approximate surface area is 206 Å². The molecular weight excluding hydrogens is 481 g/mol. The molecular formula is C24H27F3N4O5. The zero-order chi connectivity index (χ0) is 26.5. The van der Waals surface area contributed by atoms with E-state index in [-0.39, 0.29) is 40.5 Å². The lowest BCUT2D eigenvalue weighted by Gasteiger charge is -2.33. The molecule has 1 heterocycles. The van der Waals surface area contributed by atoms with Crippen LogP contribution in [0.4, 0.5) is 24.5 Å². The number of ether oxygens (including phenoxy) is 2. The van der Waals surface area contributed by atoms with E-state index >= 15 is 0 Å². The number of hydrogen-bond acceptors (Lipinski definition) is 7. The summed E-state index contributed by atoms with van der Waals surface area (Å²) < 4.78 is 51.5. The van der Waals surface area contributed by atoms with E-state index in [0.29, 0.717) is 13.1 Å². The van der Waals surface area contributed by atoms with Gasteiger partial charge in [0.1, 0.15) is 0 Å². The Kier molecular flexibility index (Phi) is 8.53. The first-order valence-corrected chi connectivity index (χ1v) is 11.0. The summed E-state index contributed by atoms with van der Waals surface area (Å²) in [4.78, 5) is 27.3. The number of likely N-dealkylation sites (N-methyl/N-ethyl adjacent to an activating group) is 1. The molecule has 0 bridgehead atoms. The average Bonchev–Trinajstić information content (AvgIpc) is 2.83.